The van der Waals surface area contributed by atoms with E-state index in [1.165, 1.54) is 33.0 Å². The summed E-state index contributed by atoms with van der Waals surface area (Å²) < 4.78 is 0. The lowest BCUT2D eigenvalue weighted by atomic mass is 9.68. The van der Waals surface area contributed by atoms with E-state index in [1.54, 1.807) is 0 Å². The van der Waals surface area contributed by atoms with Gasteiger partial charge in [0, 0.05) is 33.6 Å². The average molecular weight is 384 g/mol. The Kier molecular flexibility index (Phi) is 3.60. The number of aromatic nitrogens is 1. The lowest BCUT2D eigenvalue weighted by Gasteiger charge is -2.34. The van der Waals surface area contributed by atoms with Crippen LogP contribution in [0.4, 0.5) is 0 Å². The molecular formula is C28H20N2. The Hall–Kier alpha value is -3.83. The average Bonchev–Trinajstić information content (AvgIpc) is 3.17. The summed E-state index contributed by atoms with van der Waals surface area (Å²) in [5.74, 6) is 0.271. The molecule has 0 spiro atoms. The van der Waals surface area contributed by atoms with Crippen LogP contribution >= 0.6 is 0 Å². The lowest BCUT2D eigenvalue weighted by Crippen LogP contribution is -2.19. The summed E-state index contributed by atoms with van der Waals surface area (Å²) in [5, 5.41) is 12.6. The van der Waals surface area contributed by atoms with Crippen LogP contribution in [0.2, 0.25) is 0 Å². The van der Waals surface area contributed by atoms with E-state index in [-0.39, 0.29) is 11.8 Å². The van der Waals surface area contributed by atoms with Crippen molar-refractivity contribution in [2.75, 3.05) is 0 Å². The fourth-order valence-electron chi connectivity index (χ4n) is 5.39. The van der Waals surface area contributed by atoms with Crippen LogP contribution in [0.5, 0.6) is 0 Å². The normalized spacial score (nSPS) is 17.5. The van der Waals surface area contributed by atoms with Crippen molar-refractivity contribution < 1.29 is 0 Å². The zero-order valence-electron chi connectivity index (χ0n) is 16.7. The number of H-pyrrole nitrogens is 1. The second-order valence-electron chi connectivity index (χ2n) is 8.15. The molecule has 1 aliphatic carbocycles. The van der Waals surface area contributed by atoms with Crippen LogP contribution in [-0.2, 0) is 0 Å². The Morgan fingerprint density at radius 1 is 0.767 bits per heavy atom. The van der Waals surface area contributed by atoms with Crippen LogP contribution in [0.3, 0.4) is 0 Å². The van der Waals surface area contributed by atoms with Crippen molar-refractivity contribution in [1.29, 1.82) is 5.26 Å². The van der Waals surface area contributed by atoms with Crippen LogP contribution in [0.25, 0.3) is 21.8 Å². The number of hydrogen-bond acceptors (Lipinski definition) is 1. The molecule has 0 amide bonds. The molecule has 1 N–H and O–H groups in total. The summed E-state index contributed by atoms with van der Waals surface area (Å²) in [4.78, 5) is 3.55. The van der Waals surface area contributed by atoms with E-state index in [4.69, 9.17) is 0 Å². The van der Waals surface area contributed by atoms with E-state index in [0.717, 1.165) is 22.2 Å². The van der Waals surface area contributed by atoms with E-state index in [2.05, 4.69) is 96.8 Å². The molecule has 0 aliphatic heterocycles. The van der Waals surface area contributed by atoms with E-state index in [9.17, 15) is 5.26 Å². The molecule has 0 saturated carbocycles. The molecular weight excluding hydrogens is 364 g/mol. The maximum absolute atomic E-state index is 10.2. The molecule has 1 heterocycles. The molecule has 0 radical (unpaired) electrons. The summed E-state index contributed by atoms with van der Waals surface area (Å²) >= 11 is 0. The van der Waals surface area contributed by atoms with Gasteiger partial charge in [0.15, 0.2) is 0 Å². The first-order valence-corrected chi connectivity index (χ1v) is 10.4. The molecule has 2 heteroatoms. The van der Waals surface area contributed by atoms with Gasteiger partial charge < -0.3 is 4.98 Å². The minimum absolute atomic E-state index is 0.0568. The van der Waals surface area contributed by atoms with Crippen molar-refractivity contribution in [3.63, 3.8) is 0 Å². The van der Waals surface area contributed by atoms with Crippen molar-refractivity contribution in [1.82, 2.24) is 4.98 Å². The summed E-state index contributed by atoms with van der Waals surface area (Å²) in [5.41, 5.74) is 9.26. The van der Waals surface area contributed by atoms with Crippen molar-refractivity contribution in [3.8, 4) is 6.07 Å². The molecule has 0 bridgehead atoms. The van der Waals surface area contributed by atoms with Crippen LogP contribution in [0.15, 0.2) is 84.9 Å². The van der Waals surface area contributed by atoms with Gasteiger partial charge in [-0.3, -0.25) is 0 Å². The Balaban J connectivity index is 1.82. The maximum atomic E-state index is 10.2. The van der Waals surface area contributed by atoms with E-state index < -0.39 is 0 Å². The first-order chi connectivity index (χ1) is 14.8. The van der Waals surface area contributed by atoms with Crippen molar-refractivity contribution in [3.05, 3.63) is 118 Å². The third kappa shape index (κ3) is 2.24. The number of nitrogens with one attached hydrogen (secondary N) is 1. The zero-order valence-corrected chi connectivity index (χ0v) is 16.7. The highest BCUT2D eigenvalue weighted by molar-refractivity contribution is 6.10. The highest BCUT2D eigenvalue weighted by Crippen LogP contribution is 2.50. The predicted molar refractivity (Wildman–Crippen MR) is 122 cm³/mol. The number of nitriles is 1. The molecule has 0 fully saturated rings. The van der Waals surface area contributed by atoms with E-state index in [1.807, 2.05) is 6.07 Å². The topological polar surface area (TPSA) is 39.6 Å². The number of aromatic amines is 1. The molecule has 2 atom stereocenters. The molecule has 6 rings (SSSR count). The van der Waals surface area contributed by atoms with Gasteiger partial charge in [0.05, 0.1) is 11.6 Å². The SMILES string of the molecule is CC1c2ccccc2C(c2ccccc2)c2c(C#N)cc3[nH]c4ccccc4c3c21. The summed E-state index contributed by atoms with van der Waals surface area (Å²) in [6, 6.07) is 32.3. The third-order valence-corrected chi connectivity index (χ3v) is 6.62. The van der Waals surface area contributed by atoms with Gasteiger partial charge in [0.1, 0.15) is 0 Å². The van der Waals surface area contributed by atoms with Crippen molar-refractivity contribution >= 4 is 21.8 Å². The highest BCUT2D eigenvalue weighted by Gasteiger charge is 2.35. The number of benzene rings is 4. The van der Waals surface area contributed by atoms with E-state index >= 15 is 0 Å². The van der Waals surface area contributed by atoms with Crippen LogP contribution < -0.4 is 0 Å². The number of nitrogens with zero attached hydrogens (tertiary/aromatic N) is 1. The van der Waals surface area contributed by atoms with Crippen LogP contribution in [0, 0.1) is 11.3 Å². The van der Waals surface area contributed by atoms with Gasteiger partial charge in [0.2, 0.25) is 0 Å². The Labute approximate surface area is 175 Å². The third-order valence-electron chi connectivity index (χ3n) is 6.62. The first-order valence-electron chi connectivity index (χ1n) is 10.4. The quantitative estimate of drug-likeness (QED) is 0.338. The molecule has 4 aromatic carbocycles. The largest absolute Gasteiger partial charge is 0.354 e. The molecule has 0 saturated heterocycles. The standard InChI is InChI=1S/C28H20N2/c1-17-20-11-5-6-12-21(20)26(18-9-3-2-4-10-18)27-19(16-29)15-24-28(25(17)27)22-13-7-8-14-23(22)30-24/h2-15,17,26,30H,1H3. The lowest BCUT2D eigenvalue weighted by molar-refractivity contribution is 0.800. The minimum Gasteiger partial charge on any atom is -0.354 e. The predicted octanol–water partition coefficient (Wildman–Crippen LogP) is 6.84. The minimum atomic E-state index is 0.0568. The molecule has 1 aliphatic rings. The van der Waals surface area contributed by atoms with Gasteiger partial charge >= 0.3 is 0 Å². The molecule has 30 heavy (non-hydrogen) atoms. The van der Waals surface area contributed by atoms with Gasteiger partial charge in [-0.1, -0.05) is 79.7 Å². The summed E-state index contributed by atoms with van der Waals surface area (Å²) in [6.07, 6.45) is 0. The Morgan fingerprint density at radius 2 is 1.47 bits per heavy atom. The van der Waals surface area contributed by atoms with Crippen LogP contribution in [0.1, 0.15) is 52.1 Å². The first kappa shape index (κ1) is 17.1. The van der Waals surface area contributed by atoms with Gasteiger partial charge in [-0.2, -0.15) is 5.26 Å². The second-order valence-corrected chi connectivity index (χ2v) is 8.15. The fraction of sp³-hybridized carbons (Fsp3) is 0.107. The summed E-state index contributed by atoms with van der Waals surface area (Å²) in [6.45, 7) is 2.28. The summed E-state index contributed by atoms with van der Waals surface area (Å²) in [7, 11) is 0. The van der Waals surface area contributed by atoms with Gasteiger partial charge in [-0.05, 0) is 39.9 Å². The maximum Gasteiger partial charge on any atom is 0.0995 e. The Bertz CT molecular complexity index is 1470. The highest BCUT2D eigenvalue weighted by atomic mass is 14.7. The number of para-hydroxylation sites is 1. The molecule has 5 aromatic rings. The number of fused-ring (bicyclic) bond motifs is 6. The zero-order chi connectivity index (χ0) is 20.2. The van der Waals surface area contributed by atoms with E-state index in [0.29, 0.717) is 0 Å². The second kappa shape index (κ2) is 6.34. The van der Waals surface area contributed by atoms with Crippen LogP contribution in [-0.4, -0.2) is 4.98 Å². The molecule has 2 nitrogen and oxygen atoms in total. The number of hydrogen-bond donors (Lipinski definition) is 1. The number of rotatable bonds is 1. The van der Waals surface area contributed by atoms with Gasteiger partial charge in [-0.25, -0.2) is 0 Å². The fourth-order valence-corrected chi connectivity index (χ4v) is 5.39. The molecule has 142 valence electrons. The monoisotopic (exact) mass is 384 g/mol. The molecule has 2 unspecified atom stereocenters. The van der Waals surface area contributed by atoms with Gasteiger partial charge in [-0.15, -0.1) is 0 Å². The van der Waals surface area contributed by atoms with Gasteiger partial charge in [0.25, 0.3) is 0 Å². The Morgan fingerprint density at radius 3 is 2.27 bits per heavy atom. The van der Waals surface area contributed by atoms with Crippen molar-refractivity contribution in [2.45, 2.75) is 18.8 Å². The molecule has 1 aromatic heterocycles. The smallest absolute Gasteiger partial charge is 0.0995 e. The van der Waals surface area contributed by atoms with Crippen molar-refractivity contribution in [2.24, 2.45) is 0 Å².